The average molecular weight is 339 g/mol. The van der Waals surface area contributed by atoms with Crippen LogP contribution in [0.4, 0.5) is 4.79 Å². The number of fused-ring (bicyclic) bond motifs is 1. The van der Waals surface area contributed by atoms with Crippen LogP contribution in [-0.2, 0) is 6.42 Å². The first-order valence-corrected chi connectivity index (χ1v) is 7.86. The molecule has 5 heteroatoms. The van der Waals surface area contributed by atoms with Crippen molar-refractivity contribution in [2.75, 3.05) is 26.2 Å². The van der Waals surface area contributed by atoms with Gasteiger partial charge in [0.05, 0.1) is 0 Å². The maximum atomic E-state index is 10.5. The van der Waals surface area contributed by atoms with Crippen LogP contribution in [0.1, 0.15) is 5.56 Å². The van der Waals surface area contributed by atoms with Crippen LogP contribution in [0.2, 0.25) is 0 Å². The minimum atomic E-state index is -0.901. The predicted molar refractivity (Wildman–Crippen MR) is 80.8 cm³/mol. The molecule has 1 aromatic rings. The Morgan fingerprint density at radius 1 is 1.30 bits per heavy atom. The van der Waals surface area contributed by atoms with Crippen molar-refractivity contribution in [2.24, 2.45) is 17.8 Å². The number of amides is 1. The molecule has 0 bridgehead atoms. The lowest BCUT2D eigenvalue weighted by molar-refractivity contribution is 0.192. The van der Waals surface area contributed by atoms with E-state index in [0.717, 1.165) is 30.5 Å². The monoisotopic (exact) mass is 338 g/mol. The molecule has 1 aromatic carbocycles. The molecule has 1 aliphatic carbocycles. The Labute approximate surface area is 127 Å². The van der Waals surface area contributed by atoms with Crippen molar-refractivity contribution >= 4 is 22.0 Å². The second kappa shape index (κ2) is 5.74. The van der Waals surface area contributed by atoms with Crippen LogP contribution < -0.4 is 5.32 Å². The van der Waals surface area contributed by atoms with Crippen LogP contribution in [0.3, 0.4) is 0 Å². The van der Waals surface area contributed by atoms with E-state index in [0.29, 0.717) is 24.3 Å². The number of likely N-dealkylation sites (tertiary alicyclic amines) is 1. The molecule has 1 saturated carbocycles. The summed E-state index contributed by atoms with van der Waals surface area (Å²) in [6.45, 7) is 4.00. The minimum Gasteiger partial charge on any atom is -0.465 e. The highest BCUT2D eigenvalue weighted by Gasteiger charge is 2.54. The Balaban J connectivity index is 1.39. The van der Waals surface area contributed by atoms with Gasteiger partial charge in [0, 0.05) is 30.7 Å². The van der Waals surface area contributed by atoms with Gasteiger partial charge < -0.3 is 15.3 Å². The first-order valence-electron chi connectivity index (χ1n) is 7.07. The van der Waals surface area contributed by atoms with Crippen LogP contribution in [0.15, 0.2) is 28.7 Å². The van der Waals surface area contributed by atoms with Gasteiger partial charge in [-0.3, -0.25) is 0 Å². The van der Waals surface area contributed by atoms with Gasteiger partial charge in [0.25, 0.3) is 0 Å². The molecular formula is C15H19BrN2O2. The summed E-state index contributed by atoms with van der Waals surface area (Å²) >= 11 is 3.45. The van der Waals surface area contributed by atoms with Crippen LogP contribution in [-0.4, -0.2) is 42.3 Å². The van der Waals surface area contributed by atoms with Crippen molar-refractivity contribution in [1.82, 2.24) is 10.2 Å². The number of carbonyl (C=O) groups is 1. The first-order chi connectivity index (χ1) is 9.63. The van der Waals surface area contributed by atoms with Crippen LogP contribution in [0, 0.1) is 17.8 Å². The Bertz CT molecular complexity index is 479. The maximum Gasteiger partial charge on any atom is 0.404 e. The molecule has 2 aliphatic rings. The van der Waals surface area contributed by atoms with E-state index in [2.05, 4.69) is 50.4 Å². The summed E-state index contributed by atoms with van der Waals surface area (Å²) in [6, 6.07) is 8.51. The number of hydrogen-bond donors (Lipinski definition) is 2. The molecule has 108 valence electrons. The van der Waals surface area contributed by atoms with Crippen LogP contribution in [0.25, 0.3) is 0 Å². The van der Waals surface area contributed by atoms with Gasteiger partial charge in [0.1, 0.15) is 0 Å². The lowest BCUT2D eigenvalue weighted by Gasteiger charge is -2.19. The summed E-state index contributed by atoms with van der Waals surface area (Å²) in [5.74, 6) is 2.01. The number of benzene rings is 1. The summed E-state index contributed by atoms with van der Waals surface area (Å²) in [5, 5.41) is 11.1. The topological polar surface area (TPSA) is 52.6 Å². The van der Waals surface area contributed by atoms with Crippen molar-refractivity contribution in [3.05, 3.63) is 34.3 Å². The quantitative estimate of drug-likeness (QED) is 0.866. The van der Waals surface area contributed by atoms with E-state index in [4.69, 9.17) is 5.11 Å². The zero-order chi connectivity index (χ0) is 14.1. The molecule has 2 atom stereocenters. The molecule has 1 heterocycles. The number of piperidine rings is 1. The molecule has 4 nitrogen and oxygen atoms in total. The molecule has 1 aliphatic heterocycles. The third-order valence-electron chi connectivity index (χ3n) is 4.57. The van der Waals surface area contributed by atoms with E-state index in [-0.39, 0.29) is 0 Å². The van der Waals surface area contributed by atoms with Gasteiger partial charge in [0.2, 0.25) is 0 Å². The zero-order valence-corrected chi connectivity index (χ0v) is 12.8. The van der Waals surface area contributed by atoms with Crippen LogP contribution in [0.5, 0.6) is 0 Å². The van der Waals surface area contributed by atoms with Crippen molar-refractivity contribution in [1.29, 1.82) is 0 Å². The Morgan fingerprint density at radius 3 is 2.55 bits per heavy atom. The lowest BCUT2D eigenvalue weighted by atomic mass is 10.1. The molecule has 0 radical (unpaired) electrons. The average Bonchev–Trinajstić information content (AvgIpc) is 2.88. The van der Waals surface area contributed by atoms with E-state index in [1.54, 1.807) is 0 Å². The third-order valence-corrected chi connectivity index (χ3v) is 5.09. The molecule has 2 N–H and O–H groups in total. The number of nitrogens with one attached hydrogen (secondary N) is 1. The highest BCUT2D eigenvalue weighted by Crippen LogP contribution is 2.51. The van der Waals surface area contributed by atoms with Gasteiger partial charge in [0.15, 0.2) is 0 Å². The number of nitrogens with zero attached hydrogens (tertiary/aromatic N) is 1. The highest BCUT2D eigenvalue weighted by molar-refractivity contribution is 9.10. The lowest BCUT2D eigenvalue weighted by Crippen LogP contribution is -2.30. The number of halogens is 1. The van der Waals surface area contributed by atoms with Crippen LogP contribution >= 0.6 is 15.9 Å². The highest BCUT2D eigenvalue weighted by atomic mass is 79.9. The normalized spacial score (nSPS) is 28.1. The minimum absolute atomic E-state index is 0.579. The van der Waals surface area contributed by atoms with E-state index in [1.165, 1.54) is 5.56 Å². The van der Waals surface area contributed by atoms with Crippen molar-refractivity contribution in [3.8, 4) is 0 Å². The molecule has 2 unspecified atom stereocenters. The molecule has 0 aromatic heterocycles. The first kappa shape index (κ1) is 13.9. The number of rotatable bonds is 5. The summed E-state index contributed by atoms with van der Waals surface area (Å²) in [7, 11) is 0. The maximum absolute atomic E-state index is 10.5. The Kier molecular flexibility index (Phi) is 3.98. The predicted octanol–water partition coefficient (Wildman–Crippen LogP) is 2.44. The summed E-state index contributed by atoms with van der Waals surface area (Å²) in [5.41, 5.74) is 1.37. The fourth-order valence-corrected chi connectivity index (χ4v) is 3.63. The Hall–Kier alpha value is -1.07. The van der Waals surface area contributed by atoms with Gasteiger partial charge in [-0.05, 0) is 41.9 Å². The van der Waals surface area contributed by atoms with E-state index < -0.39 is 6.09 Å². The summed E-state index contributed by atoms with van der Waals surface area (Å²) in [6.07, 6.45) is 0.187. The molecular weight excluding hydrogens is 320 g/mol. The molecule has 1 saturated heterocycles. The third kappa shape index (κ3) is 3.15. The second-order valence-corrected chi connectivity index (χ2v) is 6.73. The summed E-state index contributed by atoms with van der Waals surface area (Å²) < 4.78 is 1.12. The number of carboxylic acid groups (broad SMARTS) is 1. The van der Waals surface area contributed by atoms with E-state index >= 15 is 0 Å². The zero-order valence-electron chi connectivity index (χ0n) is 11.3. The molecule has 1 amide bonds. The van der Waals surface area contributed by atoms with Crippen molar-refractivity contribution in [3.63, 3.8) is 0 Å². The van der Waals surface area contributed by atoms with Gasteiger partial charge in [-0.2, -0.15) is 0 Å². The molecule has 3 rings (SSSR count). The standard InChI is InChI=1S/C15H19BrN2O2/c16-11-3-1-10(2-4-11)5-6-18-8-13-12(14(13)9-18)7-17-15(19)20/h1-4,12-14,17H,5-9H2,(H,19,20). The van der Waals surface area contributed by atoms with Gasteiger partial charge in [-0.25, -0.2) is 4.79 Å². The fourth-order valence-electron chi connectivity index (χ4n) is 3.37. The van der Waals surface area contributed by atoms with Crippen molar-refractivity contribution < 1.29 is 9.90 Å². The Morgan fingerprint density at radius 2 is 1.95 bits per heavy atom. The molecule has 2 fully saturated rings. The molecule has 0 spiro atoms. The van der Waals surface area contributed by atoms with Gasteiger partial charge >= 0.3 is 6.09 Å². The smallest absolute Gasteiger partial charge is 0.404 e. The van der Waals surface area contributed by atoms with E-state index in [1.807, 2.05) is 0 Å². The fraction of sp³-hybridized carbons (Fsp3) is 0.533. The SMILES string of the molecule is O=C(O)NCC1C2CN(CCc3ccc(Br)cc3)CC12. The van der Waals surface area contributed by atoms with Crippen molar-refractivity contribution in [2.45, 2.75) is 6.42 Å². The van der Waals surface area contributed by atoms with Gasteiger partial charge in [-0.15, -0.1) is 0 Å². The molecule has 20 heavy (non-hydrogen) atoms. The largest absolute Gasteiger partial charge is 0.465 e. The second-order valence-electron chi connectivity index (χ2n) is 5.81. The van der Waals surface area contributed by atoms with Gasteiger partial charge in [-0.1, -0.05) is 28.1 Å². The number of hydrogen-bond acceptors (Lipinski definition) is 2. The van der Waals surface area contributed by atoms with E-state index in [9.17, 15) is 4.79 Å². The summed E-state index contributed by atoms with van der Waals surface area (Å²) in [4.78, 5) is 13.0.